The highest BCUT2D eigenvalue weighted by molar-refractivity contribution is 14.1. The topological polar surface area (TPSA) is 79.7 Å². The summed E-state index contributed by atoms with van der Waals surface area (Å²) in [5, 5.41) is 8.91. The van der Waals surface area contributed by atoms with Gasteiger partial charge in [0.15, 0.2) is 0 Å². The van der Waals surface area contributed by atoms with Crippen molar-refractivity contribution >= 4 is 40.3 Å². The molecular formula is C11H11IN2O4. The minimum absolute atomic E-state index is 0.0754. The molecule has 0 bridgehead atoms. The molecule has 0 spiro atoms. The number of nitrogens with zero attached hydrogens (tertiary/aromatic N) is 2. The lowest BCUT2D eigenvalue weighted by molar-refractivity contribution is 0.0690. The van der Waals surface area contributed by atoms with E-state index < -0.39 is 12.1 Å². The molecule has 0 aromatic carbocycles. The number of fused-ring (bicyclic) bond motifs is 1. The highest BCUT2D eigenvalue weighted by Gasteiger charge is 2.32. The molecule has 1 amide bonds. The molecule has 2 rings (SSSR count). The van der Waals surface area contributed by atoms with E-state index in [1.807, 2.05) is 0 Å². The zero-order valence-corrected chi connectivity index (χ0v) is 11.7. The number of rotatable bonds is 2. The van der Waals surface area contributed by atoms with Crippen LogP contribution in [0.1, 0.15) is 26.9 Å². The fraction of sp³-hybridized carbons (Fsp3) is 0.364. The van der Waals surface area contributed by atoms with E-state index in [-0.39, 0.29) is 16.2 Å². The van der Waals surface area contributed by atoms with Crippen LogP contribution < -0.4 is 4.90 Å². The average molecular weight is 362 g/mol. The van der Waals surface area contributed by atoms with E-state index in [9.17, 15) is 9.59 Å². The number of carbonyl (C=O) groups is 2. The molecule has 1 N–H and O–H groups in total. The van der Waals surface area contributed by atoms with E-state index in [1.54, 1.807) is 6.92 Å². The quantitative estimate of drug-likeness (QED) is 0.645. The summed E-state index contributed by atoms with van der Waals surface area (Å²) in [4.78, 5) is 28.0. The minimum Gasteiger partial charge on any atom is -0.477 e. The van der Waals surface area contributed by atoms with Gasteiger partial charge in [0.25, 0.3) is 0 Å². The number of carboxylic acids is 1. The van der Waals surface area contributed by atoms with Crippen molar-refractivity contribution in [3.8, 4) is 0 Å². The second-order valence-corrected chi connectivity index (χ2v) is 5.21. The Labute approximate surface area is 117 Å². The summed E-state index contributed by atoms with van der Waals surface area (Å²) in [5.41, 5.74) is 1.35. The Morgan fingerprint density at radius 3 is 3.00 bits per heavy atom. The molecule has 2 heterocycles. The SMILES string of the molecule is CCOC(=O)N1CC(I)c2cnc(C(=O)O)cc21. The monoisotopic (exact) mass is 362 g/mol. The van der Waals surface area contributed by atoms with Crippen LogP contribution in [0.2, 0.25) is 0 Å². The van der Waals surface area contributed by atoms with Crippen LogP contribution in [0.25, 0.3) is 0 Å². The zero-order valence-electron chi connectivity index (χ0n) is 9.59. The van der Waals surface area contributed by atoms with Gasteiger partial charge in [0, 0.05) is 18.3 Å². The molecule has 1 atom stereocenters. The summed E-state index contributed by atoms with van der Waals surface area (Å²) < 4.78 is 5.04. The van der Waals surface area contributed by atoms with Gasteiger partial charge in [0.2, 0.25) is 0 Å². The van der Waals surface area contributed by atoms with Crippen molar-refractivity contribution in [1.29, 1.82) is 0 Å². The Hall–Kier alpha value is -1.38. The van der Waals surface area contributed by atoms with Crippen LogP contribution in [0.3, 0.4) is 0 Å². The van der Waals surface area contributed by atoms with E-state index >= 15 is 0 Å². The van der Waals surface area contributed by atoms with Crippen molar-refractivity contribution in [2.24, 2.45) is 0 Å². The van der Waals surface area contributed by atoms with E-state index in [0.29, 0.717) is 12.2 Å². The van der Waals surface area contributed by atoms with E-state index in [1.165, 1.54) is 17.2 Å². The van der Waals surface area contributed by atoms with Crippen LogP contribution in [-0.4, -0.2) is 35.3 Å². The smallest absolute Gasteiger partial charge is 0.414 e. The Bertz CT molecular complexity index is 506. The molecular weight excluding hydrogens is 351 g/mol. The van der Waals surface area contributed by atoms with Crippen LogP contribution in [0.15, 0.2) is 12.3 Å². The first-order valence-electron chi connectivity index (χ1n) is 5.36. The Kier molecular flexibility index (Phi) is 3.69. The van der Waals surface area contributed by atoms with Gasteiger partial charge in [-0.3, -0.25) is 4.90 Å². The average Bonchev–Trinajstić information content (AvgIpc) is 2.67. The summed E-state index contributed by atoms with van der Waals surface area (Å²) in [6.45, 7) is 2.48. The largest absolute Gasteiger partial charge is 0.477 e. The zero-order chi connectivity index (χ0) is 13.3. The fourth-order valence-corrected chi connectivity index (χ4v) is 2.65. The number of hydrogen-bond donors (Lipinski definition) is 1. The number of ether oxygens (including phenoxy) is 1. The van der Waals surface area contributed by atoms with Crippen LogP contribution in [-0.2, 0) is 4.74 Å². The van der Waals surface area contributed by atoms with Crippen molar-refractivity contribution in [3.05, 3.63) is 23.5 Å². The molecule has 0 saturated heterocycles. The molecule has 1 unspecified atom stereocenters. The van der Waals surface area contributed by atoms with Crippen LogP contribution in [0.4, 0.5) is 10.5 Å². The lowest BCUT2D eigenvalue weighted by Crippen LogP contribution is -2.30. The maximum absolute atomic E-state index is 11.8. The van der Waals surface area contributed by atoms with Crippen LogP contribution in [0, 0.1) is 0 Å². The third kappa shape index (κ3) is 2.26. The number of aromatic nitrogens is 1. The maximum Gasteiger partial charge on any atom is 0.414 e. The predicted octanol–water partition coefficient (Wildman–Crippen LogP) is 2.23. The Balaban J connectivity index is 2.39. The normalized spacial score (nSPS) is 17.4. The van der Waals surface area contributed by atoms with Crippen LogP contribution >= 0.6 is 22.6 Å². The van der Waals surface area contributed by atoms with Crippen molar-refractivity contribution in [3.63, 3.8) is 0 Å². The predicted molar refractivity (Wildman–Crippen MR) is 72.3 cm³/mol. The fourth-order valence-electron chi connectivity index (χ4n) is 1.78. The molecule has 1 aromatic rings. The van der Waals surface area contributed by atoms with Crippen molar-refractivity contribution in [2.75, 3.05) is 18.1 Å². The first-order chi connectivity index (χ1) is 8.54. The van der Waals surface area contributed by atoms with E-state index in [0.717, 1.165) is 5.56 Å². The van der Waals surface area contributed by atoms with E-state index in [2.05, 4.69) is 27.6 Å². The van der Waals surface area contributed by atoms with Gasteiger partial charge in [-0.2, -0.15) is 0 Å². The molecule has 1 aliphatic heterocycles. The van der Waals surface area contributed by atoms with Crippen LogP contribution in [0.5, 0.6) is 0 Å². The molecule has 0 saturated carbocycles. The number of carboxylic acid groups (broad SMARTS) is 1. The highest BCUT2D eigenvalue weighted by Crippen LogP contribution is 2.40. The number of hydrogen-bond acceptors (Lipinski definition) is 4. The first-order valence-corrected chi connectivity index (χ1v) is 6.60. The van der Waals surface area contributed by atoms with Gasteiger partial charge in [-0.05, 0) is 13.0 Å². The Morgan fingerprint density at radius 1 is 1.67 bits per heavy atom. The second kappa shape index (κ2) is 5.09. The number of halogens is 1. The molecule has 1 aliphatic rings. The molecule has 96 valence electrons. The van der Waals surface area contributed by atoms with Crippen molar-refractivity contribution in [1.82, 2.24) is 4.98 Å². The van der Waals surface area contributed by atoms with Gasteiger partial charge < -0.3 is 9.84 Å². The number of amides is 1. The third-order valence-electron chi connectivity index (χ3n) is 2.59. The van der Waals surface area contributed by atoms with Gasteiger partial charge in [0.1, 0.15) is 5.69 Å². The molecule has 0 radical (unpaired) electrons. The summed E-state index contributed by atoms with van der Waals surface area (Å²) in [6, 6.07) is 1.41. The van der Waals surface area contributed by atoms with Crippen molar-refractivity contribution < 1.29 is 19.4 Å². The standard InChI is InChI=1S/C11H11IN2O4/c1-2-18-11(17)14-5-7(12)6-4-13-8(10(15)16)3-9(6)14/h3-4,7H,2,5H2,1H3,(H,15,16). The molecule has 0 fully saturated rings. The van der Waals surface area contributed by atoms with Crippen molar-refractivity contribution in [2.45, 2.75) is 10.8 Å². The van der Waals surface area contributed by atoms with Gasteiger partial charge >= 0.3 is 12.1 Å². The Morgan fingerprint density at radius 2 is 2.39 bits per heavy atom. The molecule has 6 nitrogen and oxygen atoms in total. The summed E-state index contributed by atoms with van der Waals surface area (Å²) in [5.74, 6) is -1.11. The van der Waals surface area contributed by atoms with Gasteiger partial charge in [-0.15, -0.1) is 0 Å². The summed E-state index contributed by atoms with van der Waals surface area (Å²) >= 11 is 2.19. The highest BCUT2D eigenvalue weighted by atomic mass is 127. The van der Waals surface area contributed by atoms with Gasteiger partial charge in [-0.1, -0.05) is 22.6 Å². The lowest BCUT2D eigenvalue weighted by atomic mass is 10.2. The maximum atomic E-state index is 11.8. The molecule has 1 aromatic heterocycles. The molecule has 0 aliphatic carbocycles. The second-order valence-electron chi connectivity index (χ2n) is 3.71. The lowest BCUT2D eigenvalue weighted by Gasteiger charge is -2.16. The number of alkyl halides is 1. The summed E-state index contributed by atoms with van der Waals surface area (Å²) in [6.07, 6.45) is 1.05. The molecule has 7 heteroatoms. The third-order valence-corrected chi connectivity index (χ3v) is 3.66. The number of aromatic carboxylic acids is 1. The van der Waals surface area contributed by atoms with Gasteiger partial charge in [0.05, 0.1) is 16.2 Å². The van der Waals surface area contributed by atoms with E-state index in [4.69, 9.17) is 9.84 Å². The minimum atomic E-state index is -1.11. The molecule has 18 heavy (non-hydrogen) atoms. The summed E-state index contributed by atoms with van der Waals surface area (Å²) in [7, 11) is 0. The first kappa shape index (κ1) is 13.1. The number of anilines is 1. The number of pyridine rings is 1. The number of carbonyl (C=O) groups excluding carboxylic acids is 1. The van der Waals surface area contributed by atoms with Gasteiger partial charge in [-0.25, -0.2) is 14.6 Å².